The summed E-state index contributed by atoms with van der Waals surface area (Å²) in [5.74, 6) is -0.618. The molecule has 0 aromatic heterocycles. The van der Waals surface area contributed by atoms with Crippen LogP contribution < -0.4 is 4.74 Å². The number of methoxy groups -OCH3 is 1. The standard InChI is InChI=1S/C12H10F6O3/c1-20-8-4-2-7(3-5-8)9(19)6-21-10(11(13,14)15)12(16,17)18/h2-5,10H,6H2,1H3. The normalized spacial score (nSPS) is 12.6. The molecule has 0 radical (unpaired) electrons. The second-order valence-electron chi connectivity index (χ2n) is 3.93. The summed E-state index contributed by atoms with van der Waals surface area (Å²) in [7, 11) is 1.36. The highest BCUT2D eigenvalue weighted by Gasteiger charge is 2.58. The molecule has 0 bridgehead atoms. The Hall–Kier alpha value is -1.77. The Bertz CT molecular complexity index is 463. The molecule has 0 fully saturated rings. The summed E-state index contributed by atoms with van der Waals surface area (Å²) >= 11 is 0. The molecule has 9 heteroatoms. The highest BCUT2D eigenvalue weighted by molar-refractivity contribution is 5.97. The van der Waals surface area contributed by atoms with E-state index in [-0.39, 0.29) is 5.56 Å². The molecule has 0 heterocycles. The molecule has 0 spiro atoms. The summed E-state index contributed by atoms with van der Waals surface area (Å²) in [5.41, 5.74) is -0.0844. The molecule has 0 unspecified atom stereocenters. The van der Waals surface area contributed by atoms with Gasteiger partial charge >= 0.3 is 12.4 Å². The molecule has 1 rings (SSSR count). The third-order valence-electron chi connectivity index (χ3n) is 2.39. The largest absolute Gasteiger partial charge is 0.497 e. The highest BCUT2D eigenvalue weighted by atomic mass is 19.4. The highest BCUT2D eigenvalue weighted by Crippen LogP contribution is 2.35. The Balaban J connectivity index is 2.73. The lowest BCUT2D eigenvalue weighted by molar-refractivity contribution is -0.318. The van der Waals surface area contributed by atoms with Gasteiger partial charge in [-0.1, -0.05) is 0 Å². The average Bonchev–Trinajstić information content (AvgIpc) is 2.35. The van der Waals surface area contributed by atoms with Crippen molar-refractivity contribution in [1.29, 1.82) is 0 Å². The van der Waals surface area contributed by atoms with E-state index in [4.69, 9.17) is 4.74 Å². The quantitative estimate of drug-likeness (QED) is 0.617. The number of halogens is 6. The molecular weight excluding hydrogens is 306 g/mol. The third kappa shape index (κ3) is 4.92. The smallest absolute Gasteiger partial charge is 0.423 e. The first-order chi connectivity index (χ1) is 9.55. The number of Topliss-reactive ketones (excluding diaryl/α,β-unsaturated/α-hetero) is 1. The van der Waals surface area contributed by atoms with E-state index in [0.29, 0.717) is 5.75 Å². The number of benzene rings is 1. The van der Waals surface area contributed by atoms with Crippen LogP contribution in [0.4, 0.5) is 26.3 Å². The minimum Gasteiger partial charge on any atom is -0.497 e. The van der Waals surface area contributed by atoms with Crippen LogP contribution in [0.15, 0.2) is 24.3 Å². The fourth-order valence-corrected chi connectivity index (χ4v) is 1.39. The Morgan fingerprint density at radius 1 is 1.05 bits per heavy atom. The van der Waals surface area contributed by atoms with Gasteiger partial charge in [0.05, 0.1) is 7.11 Å². The zero-order chi connectivity index (χ0) is 16.3. The zero-order valence-electron chi connectivity index (χ0n) is 10.6. The van der Waals surface area contributed by atoms with Gasteiger partial charge in [0.2, 0.25) is 6.10 Å². The van der Waals surface area contributed by atoms with E-state index in [1.165, 1.54) is 31.4 Å². The molecule has 0 aliphatic heterocycles. The maximum absolute atomic E-state index is 12.2. The molecule has 0 N–H and O–H groups in total. The number of alkyl halides is 6. The summed E-state index contributed by atoms with van der Waals surface area (Å²) in [6.45, 7) is -1.34. The van der Waals surface area contributed by atoms with Gasteiger partial charge in [-0.25, -0.2) is 0 Å². The zero-order valence-corrected chi connectivity index (χ0v) is 10.6. The predicted octanol–water partition coefficient (Wildman–Crippen LogP) is 3.39. The number of rotatable bonds is 5. The minimum absolute atomic E-state index is 0.0844. The molecule has 0 aliphatic rings. The van der Waals surface area contributed by atoms with Crippen molar-refractivity contribution < 1.29 is 40.6 Å². The van der Waals surface area contributed by atoms with Crippen molar-refractivity contribution >= 4 is 5.78 Å². The van der Waals surface area contributed by atoms with E-state index < -0.39 is 30.8 Å². The third-order valence-corrected chi connectivity index (χ3v) is 2.39. The van der Waals surface area contributed by atoms with Crippen LogP contribution >= 0.6 is 0 Å². The van der Waals surface area contributed by atoms with E-state index in [1.54, 1.807) is 0 Å². The fraction of sp³-hybridized carbons (Fsp3) is 0.417. The van der Waals surface area contributed by atoms with Gasteiger partial charge in [0.25, 0.3) is 0 Å². The first kappa shape index (κ1) is 17.3. The van der Waals surface area contributed by atoms with Crippen LogP contribution in [0.5, 0.6) is 5.75 Å². The van der Waals surface area contributed by atoms with Gasteiger partial charge in [-0.05, 0) is 24.3 Å². The number of ketones is 1. The molecule has 3 nitrogen and oxygen atoms in total. The molecule has 0 saturated carbocycles. The van der Waals surface area contributed by atoms with Gasteiger partial charge < -0.3 is 9.47 Å². The summed E-state index contributed by atoms with van der Waals surface area (Å²) in [6, 6.07) is 5.11. The van der Waals surface area contributed by atoms with Gasteiger partial charge in [0, 0.05) is 5.56 Å². The first-order valence-corrected chi connectivity index (χ1v) is 5.48. The van der Waals surface area contributed by atoms with Crippen LogP contribution in [0.2, 0.25) is 0 Å². The van der Waals surface area contributed by atoms with E-state index in [9.17, 15) is 31.1 Å². The van der Waals surface area contributed by atoms with E-state index in [0.717, 1.165) is 0 Å². The van der Waals surface area contributed by atoms with Crippen LogP contribution in [0.3, 0.4) is 0 Å². The van der Waals surface area contributed by atoms with Crippen LogP contribution in [-0.4, -0.2) is 38.0 Å². The van der Waals surface area contributed by atoms with Crippen molar-refractivity contribution in [2.45, 2.75) is 18.5 Å². The second kappa shape index (κ2) is 6.33. The van der Waals surface area contributed by atoms with Crippen LogP contribution in [0.25, 0.3) is 0 Å². The summed E-state index contributed by atoms with van der Waals surface area (Å²) < 4.78 is 81.7. The van der Waals surface area contributed by atoms with Gasteiger partial charge in [-0.2, -0.15) is 26.3 Å². The SMILES string of the molecule is COc1ccc(C(=O)COC(C(F)(F)F)C(F)(F)F)cc1. The average molecular weight is 316 g/mol. The first-order valence-electron chi connectivity index (χ1n) is 5.48. The monoisotopic (exact) mass is 316 g/mol. The number of ether oxygens (including phenoxy) is 2. The van der Waals surface area contributed by atoms with Gasteiger partial charge in [-0.15, -0.1) is 0 Å². The molecule has 118 valence electrons. The van der Waals surface area contributed by atoms with Crippen molar-refractivity contribution in [3.8, 4) is 5.75 Å². The van der Waals surface area contributed by atoms with E-state index in [2.05, 4.69) is 4.74 Å². The molecule has 0 saturated heterocycles. The Morgan fingerprint density at radius 3 is 1.90 bits per heavy atom. The lowest BCUT2D eigenvalue weighted by atomic mass is 10.1. The second-order valence-corrected chi connectivity index (χ2v) is 3.93. The van der Waals surface area contributed by atoms with Gasteiger partial charge in [0.15, 0.2) is 5.78 Å². The van der Waals surface area contributed by atoms with Gasteiger partial charge in [0.1, 0.15) is 12.4 Å². The van der Waals surface area contributed by atoms with Crippen molar-refractivity contribution in [2.75, 3.05) is 13.7 Å². The number of hydrogen-bond donors (Lipinski definition) is 0. The summed E-state index contributed by atoms with van der Waals surface area (Å²) in [5, 5.41) is 0. The summed E-state index contributed by atoms with van der Waals surface area (Å²) in [6.07, 6.45) is -15.3. The number of carbonyl (C=O) groups is 1. The lowest BCUT2D eigenvalue weighted by Gasteiger charge is -2.22. The van der Waals surface area contributed by atoms with Crippen molar-refractivity contribution in [1.82, 2.24) is 0 Å². The maximum atomic E-state index is 12.2. The Kier molecular flexibility index (Phi) is 5.21. The molecule has 21 heavy (non-hydrogen) atoms. The molecule has 1 aromatic carbocycles. The maximum Gasteiger partial charge on any atom is 0.423 e. The minimum atomic E-state index is -5.64. The number of hydrogen-bond acceptors (Lipinski definition) is 3. The fourth-order valence-electron chi connectivity index (χ4n) is 1.39. The topological polar surface area (TPSA) is 35.5 Å². The van der Waals surface area contributed by atoms with E-state index >= 15 is 0 Å². The van der Waals surface area contributed by atoms with Crippen LogP contribution in [0, 0.1) is 0 Å². The van der Waals surface area contributed by atoms with Crippen LogP contribution in [0.1, 0.15) is 10.4 Å². The molecule has 0 atom stereocenters. The molecule has 0 aliphatic carbocycles. The van der Waals surface area contributed by atoms with Crippen molar-refractivity contribution in [3.05, 3.63) is 29.8 Å². The van der Waals surface area contributed by atoms with Gasteiger partial charge in [-0.3, -0.25) is 4.79 Å². The van der Waals surface area contributed by atoms with Crippen molar-refractivity contribution in [3.63, 3.8) is 0 Å². The Labute approximate surface area is 115 Å². The van der Waals surface area contributed by atoms with Crippen LogP contribution in [-0.2, 0) is 4.74 Å². The molecule has 1 aromatic rings. The summed E-state index contributed by atoms with van der Waals surface area (Å²) in [4.78, 5) is 11.5. The Morgan fingerprint density at radius 2 is 1.52 bits per heavy atom. The predicted molar refractivity (Wildman–Crippen MR) is 59.2 cm³/mol. The molecular formula is C12H10F6O3. The number of carbonyl (C=O) groups excluding carboxylic acids is 1. The molecule has 0 amide bonds. The van der Waals surface area contributed by atoms with E-state index in [1.807, 2.05) is 0 Å². The van der Waals surface area contributed by atoms with Crippen molar-refractivity contribution in [2.24, 2.45) is 0 Å². The lowest BCUT2D eigenvalue weighted by Crippen LogP contribution is -2.45.